The van der Waals surface area contributed by atoms with Gasteiger partial charge in [-0.3, -0.25) is 9.59 Å². The third kappa shape index (κ3) is 4.32. The lowest BCUT2D eigenvalue weighted by atomic mass is 9.88. The van der Waals surface area contributed by atoms with Crippen molar-refractivity contribution in [2.24, 2.45) is 0 Å². The molecule has 0 aliphatic carbocycles. The summed E-state index contributed by atoms with van der Waals surface area (Å²) in [6.07, 6.45) is 4.41. The molecule has 9 heteroatoms. The van der Waals surface area contributed by atoms with E-state index in [1.54, 1.807) is 17.8 Å². The van der Waals surface area contributed by atoms with Crippen molar-refractivity contribution in [2.45, 2.75) is 58.3 Å². The molecular weight excluding hydrogens is 430 g/mol. The van der Waals surface area contributed by atoms with Crippen molar-refractivity contribution in [2.75, 3.05) is 13.2 Å². The van der Waals surface area contributed by atoms with Crippen LogP contribution < -0.4 is 5.56 Å². The van der Waals surface area contributed by atoms with Crippen molar-refractivity contribution in [1.29, 1.82) is 0 Å². The summed E-state index contributed by atoms with van der Waals surface area (Å²) < 4.78 is 14.0. The second-order valence-electron chi connectivity index (χ2n) is 9.47. The van der Waals surface area contributed by atoms with Crippen molar-refractivity contribution < 1.29 is 14.3 Å². The standard InChI is InChI=1S/C22H29N3O4SSi/c1-14(26)22(2)20-16(6-7-29-22)17-10-18(30-19(17)21(27)24-20)15-11-23-25(12-15)13-28-8-9-31(3,4)5/h10-12H,6-9,13H2,1-5H3,(H,24,27). The lowest BCUT2D eigenvalue weighted by molar-refractivity contribution is -0.143. The topological polar surface area (TPSA) is 86.2 Å². The predicted octanol–water partition coefficient (Wildman–Crippen LogP) is 4.14. The second kappa shape index (κ2) is 8.12. The van der Waals surface area contributed by atoms with Gasteiger partial charge in [-0.1, -0.05) is 19.6 Å². The van der Waals surface area contributed by atoms with E-state index in [4.69, 9.17) is 9.47 Å². The Balaban J connectivity index is 1.62. The lowest BCUT2D eigenvalue weighted by Gasteiger charge is -2.33. The quantitative estimate of drug-likeness (QED) is 0.424. The average molecular weight is 460 g/mol. The molecule has 166 valence electrons. The van der Waals surface area contributed by atoms with Crippen LogP contribution in [0.25, 0.3) is 20.5 Å². The summed E-state index contributed by atoms with van der Waals surface area (Å²) in [4.78, 5) is 29.0. The minimum absolute atomic E-state index is 0.116. The monoisotopic (exact) mass is 459 g/mol. The van der Waals surface area contributed by atoms with Gasteiger partial charge in [-0.05, 0) is 37.9 Å². The molecule has 1 aliphatic rings. The SMILES string of the molecule is CC(=O)C1(C)OCCc2c1[nH]c(=O)c1sc(-c3cnn(COCC[Si](C)(C)C)c3)cc21. The summed E-state index contributed by atoms with van der Waals surface area (Å²) in [6.45, 7) is 11.8. The number of Topliss-reactive ketones (excluding diaryl/α,β-unsaturated/α-hetero) is 1. The Morgan fingerprint density at radius 2 is 2.19 bits per heavy atom. The predicted molar refractivity (Wildman–Crippen MR) is 125 cm³/mol. The maximum atomic E-state index is 12.8. The average Bonchev–Trinajstić information content (AvgIpc) is 3.33. The summed E-state index contributed by atoms with van der Waals surface area (Å²) in [5.74, 6) is -0.116. The fraction of sp³-hybridized carbons (Fsp3) is 0.500. The van der Waals surface area contributed by atoms with Crippen LogP contribution in [-0.4, -0.2) is 41.8 Å². The van der Waals surface area contributed by atoms with E-state index < -0.39 is 13.7 Å². The Kier molecular flexibility index (Phi) is 5.80. The molecule has 0 saturated carbocycles. The highest BCUT2D eigenvalue weighted by Crippen LogP contribution is 2.39. The maximum absolute atomic E-state index is 12.8. The summed E-state index contributed by atoms with van der Waals surface area (Å²) in [5, 5.41) is 5.31. The number of rotatable bonds is 7. The van der Waals surface area contributed by atoms with Crippen molar-refractivity contribution in [3.05, 3.63) is 40.1 Å². The Morgan fingerprint density at radius 1 is 1.42 bits per heavy atom. The largest absolute Gasteiger partial charge is 0.361 e. The molecule has 4 heterocycles. The number of carbonyl (C=O) groups is 1. The number of hydrogen-bond donors (Lipinski definition) is 1. The first kappa shape index (κ1) is 22.1. The number of aromatic amines is 1. The molecule has 1 aliphatic heterocycles. The molecule has 0 saturated heterocycles. The first-order valence-corrected chi connectivity index (χ1v) is 15.1. The van der Waals surface area contributed by atoms with Gasteiger partial charge in [0.15, 0.2) is 11.4 Å². The van der Waals surface area contributed by atoms with Gasteiger partial charge >= 0.3 is 0 Å². The van der Waals surface area contributed by atoms with E-state index in [0.717, 1.165) is 34.0 Å². The molecule has 0 bridgehead atoms. The van der Waals surface area contributed by atoms with Gasteiger partial charge in [-0.15, -0.1) is 11.3 Å². The number of ketones is 1. The van der Waals surface area contributed by atoms with Crippen LogP contribution in [0.2, 0.25) is 25.7 Å². The third-order valence-corrected chi connectivity index (χ3v) is 8.72. The summed E-state index contributed by atoms with van der Waals surface area (Å²) in [6, 6.07) is 3.15. The minimum Gasteiger partial charge on any atom is -0.361 e. The van der Waals surface area contributed by atoms with Crippen molar-refractivity contribution in [1.82, 2.24) is 14.8 Å². The van der Waals surface area contributed by atoms with Crippen LogP contribution in [0.5, 0.6) is 0 Å². The van der Waals surface area contributed by atoms with Crippen LogP contribution in [0.3, 0.4) is 0 Å². The van der Waals surface area contributed by atoms with Crippen LogP contribution in [0, 0.1) is 0 Å². The molecular formula is C22H29N3O4SSi. The van der Waals surface area contributed by atoms with Gasteiger partial charge in [0.2, 0.25) is 0 Å². The first-order chi connectivity index (χ1) is 14.6. The number of thiophene rings is 1. The van der Waals surface area contributed by atoms with Gasteiger partial charge in [0, 0.05) is 36.7 Å². The highest BCUT2D eigenvalue weighted by Gasteiger charge is 2.40. The number of H-pyrrole nitrogens is 1. The van der Waals surface area contributed by atoms with Crippen molar-refractivity contribution in [3.8, 4) is 10.4 Å². The summed E-state index contributed by atoms with van der Waals surface area (Å²) >= 11 is 1.45. The normalized spacial score (nSPS) is 19.0. The number of nitrogens with one attached hydrogen (secondary N) is 1. The maximum Gasteiger partial charge on any atom is 0.266 e. The van der Waals surface area contributed by atoms with Gasteiger partial charge in [0.05, 0.1) is 18.5 Å². The van der Waals surface area contributed by atoms with Gasteiger partial charge in [-0.2, -0.15) is 5.10 Å². The zero-order valence-corrected chi connectivity index (χ0v) is 20.5. The fourth-order valence-corrected chi connectivity index (χ4v) is 5.59. The fourth-order valence-electron chi connectivity index (χ4n) is 3.78. The number of carbonyl (C=O) groups excluding carboxylic acids is 1. The second-order valence-corrected chi connectivity index (χ2v) is 16.1. The Hall–Kier alpha value is -2.07. The minimum atomic E-state index is -1.11. The van der Waals surface area contributed by atoms with Gasteiger partial charge < -0.3 is 14.5 Å². The molecule has 0 radical (unpaired) electrons. The molecule has 3 aromatic rings. The molecule has 0 aromatic carbocycles. The molecule has 31 heavy (non-hydrogen) atoms. The van der Waals surface area contributed by atoms with Gasteiger partial charge in [0.1, 0.15) is 11.4 Å². The molecule has 3 aromatic heterocycles. The van der Waals surface area contributed by atoms with Crippen LogP contribution >= 0.6 is 11.3 Å². The van der Waals surface area contributed by atoms with Crippen molar-refractivity contribution >= 4 is 35.3 Å². The highest BCUT2D eigenvalue weighted by molar-refractivity contribution is 7.22. The summed E-state index contributed by atoms with van der Waals surface area (Å²) in [7, 11) is -1.11. The number of hydrogen-bond acceptors (Lipinski definition) is 6. The van der Waals surface area contributed by atoms with Crippen LogP contribution in [0.15, 0.2) is 23.3 Å². The number of nitrogens with zero attached hydrogens (tertiary/aromatic N) is 2. The molecule has 1 N–H and O–H groups in total. The number of aromatic nitrogens is 3. The van der Waals surface area contributed by atoms with Crippen LogP contribution in [0.4, 0.5) is 0 Å². The Labute approximate surface area is 186 Å². The van der Waals surface area contributed by atoms with Crippen molar-refractivity contribution in [3.63, 3.8) is 0 Å². The zero-order chi connectivity index (χ0) is 22.4. The summed E-state index contributed by atoms with van der Waals surface area (Å²) in [5.41, 5.74) is 1.22. The number of pyridine rings is 1. The molecule has 1 unspecified atom stereocenters. The number of ether oxygens (including phenoxy) is 2. The van der Waals surface area contributed by atoms with E-state index in [0.29, 0.717) is 30.2 Å². The molecule has 0 amide bonds. The molecule has 4 rings (SSSR count). The molecule has 0 fully saturated rings. The van der Waals surface area contributed by atoms with Crippen LogP contribution in [-0.2, 0) is 33.0 Å². The highest BCUT2D eigenvalue weighted by atomic mass is 32.1. The van der Waals surface area contributed by atoms with E-state index in [1.807, 2.05) is 12.3 Å². The zero-order valence-electron chi connectivity index (χ0n) is 18.7. The van der Waals surface area contributed by atoms with E-state index >= 15 is 0 Å². The molecule has 1 atom stereocenters. The third-order valence-electron chi connectivity index (χ3n) is 5.83. The lowest BCUT2D eigenvalue weighted by Crippen LogP contribution is -2.41. The first-order valence-electron chi connectivity index (χ1n) is 10.5. The van der Waals surface area contributed by atoms with E-state index in [1.165, 1.54) is 18.3 Å². The van der Waals surface area contributed by atoms with Gasteiger partial charge in [-0.25, -0.2) is 4.68 Å². The number of fused-ring (bicyclic) bond motifs is 3. The Bertz CT molecular complexity index is 1190. The van der Waals surface area contributed by atoms with E-state index in [-0.39, 0.29) is 11.3 Å². The van der Waals surface area contributed by atoms with Gasteiger partial charge in [0.25, 0.3) is 5.56 Å². The van der Waals surface area contributed by atoms with E-state index in [2.05, 4.69) is 29.7 Å². The Morgan fingerprint density at radius 3 is 2.90 bits per heavy atom. The molecule has 7 nitrogen and oxygen atoms in total. The van der Waals surface area contributed by atoms with Crippen LogP contribution in [0.1, 0.15) is 25.1 Å². The smallest absolute Gasteiger partial charge is 0.266 e. The molecule has 0 spiro atoms. The van der Waals surface area contributed by atoms with E-state index in [9.17, 15) is 9.59 Å².